The molecule has 2 amide bonds. The SMILES string of the molecule is C[C@@H]1CN(C(=O)NCc2cncn2C)CCN1S(C)(=O)=O. The number of aryl methyl sites for hydroxylation is 1. The molecule has 0 radical (unpaired) electrons. The molecule has 1 aromatic heterocycles. The van der Waals surface area contributed by atoms with Crippen LogP contribution in [0.1, 0.15) is 12.6 Å². The van der Waals surface area contributed by atoms with Crippen LogP contribution in [-0.2, 0) is 23.6 Å². The molecule has 0 saturated carbocycles. The standard InChI is InChI=1S/C12H21N5O3S/c1-10-8-16(4-5-17(10)21(3,19)20)12(18)14-7-11-6-13-9-15(11)2/h6,9-10H,4-5,7-8H2,1-3H3,(H,14,18)/t10-/m1/s1. The molecule has 0 aromatic carbocycles. The maximum atomic E-state index is 12.1. The summed E-state index contributed by atoms with van der Waals surface area (Å²) in [6, 6.07) is -0.396. The van der Waals surface area contributed by atoms with Crippen LogP contribution in [0.15, 0.2) is 12.5 Å². The molecule has 1 aromatic rings. The first-order chi connectivity index (χ1) is 9.79. The number of imidazole rings is 1. The number of urea groups is 1. The van der Waals surface area contributed by atoms with Crippen LogP contribution in [-0.4, -0.2) is 65.1 Å². The minimum absolute atomic E-state index is 0.184. The van der Waals surface area contributed by atoms with Gasteiger partial charge in [-0.25, -0.2) is 18.2 Å². The van der Waals surface area contributed by atoms with Crippen LogP contribution in [0.25, 0.3) is 0 Å². The van der Waals surface area contributed by atoms with Crippen molar-refractivity contribution < 1.29 is 13.2 Å². The normalized spacial score (nSPS) is 20.5. The first-order valence-electron chi connectivity index (χ1n) is 6.74. The Kier molecular flexibility index (Phi) is 4.52. The number of carbonyl (C=O) groups excluding carboxylic acids is 1. The van der Waals surface area contributed by atoms with E-state index in [-0.39, 0.29) is 12.1 Å². The Morgan fingerprint density at radius 1 is 1.48 bits per heavy atom. The van der Waals surface area contributed by atoms with Gasteiger partial charge in [-0.1, -0.05) is 0 Å². The van der Waals surface area contributed by atoms with Gasteiger partial charge in [0.25, 0.3) is 0 Å². The number of hydrogen-bond donors (Lipinski definition) is 1. The van der Waals surface area contributed by atoms with Crippen LogP contribution >= 0.6 is 0 Å². The molecule has 0 aliphatic carbocycles. The van der Waals surface area contributed by atoms with E-state index in [1.165, 1.54) is 10.6 Å². The largest absolute Gasteiger partial charge is 0.336 e. The van der Waals surface area contributed by atoms with E-state index in [1.807, 2.05) is 18.5 Å². The molecule has 1 aliphatic rings. The number of carbonyl (C=O) groups is 1. The molecule has 1 N–H and O–H groups in total. The zero-order valence-electron chi connectivity index (χ0n) is 12.5. The lowest BCUT2D eigenvalue weighted by Gasteiger charge is -2.38. The lowest BCUT2D eigenvalue weighted by molar-refractivity contribution is 0.147. The van der Waals surface area contributed by atoms with E-state index in [0.29, 0.717) is 26.2 Å². The summed E-state index contributed by atoms with van der Waals surface area (Å²) < 4.78 is 26.4. The summed E-state index contributed by atoms with van der Waals surface area (Å²) in [4.78, 5) is 17.8. The number of aromatic nitrogens is 2. The second-order valence-corrected chi connectivity index (χ2v) is 7.26. The van der Waals surface area contributed by atoms with Crippen molar-refractivity contribution in [2.24, 2.45) is 7.05 Å². The summed E-state index contributed by atoms with van der Waals surface area (Å²) in [7, 11) is -1.35. The smallest absolute Gasteiger partial charge is 0.317 e. The first kappa shape index (κ1) is 15.8. The molecule has 118 valence electrons. The highest BCUT2D eigenvalue weighted by Crippen LogP contribution is 2.13. The van der Waals surface area contributed by atoms with Crippen molar-refractivity contribution >= 4 is 16.1 Å². The van der Waals surface area contributed by atoms with E-state index in [1.54, 1.807) is 17.4 Å². The predicted octanol–water partition coefficient (Wildman–Crippen LogP) is -0.405. The lowest BCUT2D eigenvalue weighted by Crippen LogP contribution is -2.56. The van der Waals surface area contributed by atoms with Gasteiger partial charge in [0.15, 0.2) is 0 Å². The average Bonchev–Trinajstić information content (AvgIpc) is 2.80. The Bertz CT molecular complexity index is 612. The molecule has 1 aliphatic heterocycles. The number of nitrogens with zero attached hydrogens (tertiary/aromatic N) is 4. The van der Waals surface area contributed by atoms with E-state index in [0.717, 1.165) is 5.69 Å². The average molecular weight is 315 g/mol. The third-order valence-corrected chi connectivity index (χ3v) is 5.01. The van der Waals surface area contributed by atoms with Crippen molar-refractivity contribution in [2.75, 3.05) is 25.9 Å². The van der Waals surface area contributed by atoms with Crippen molar-refractivity contribution in [1.29, 1.82) is 0 Å². The first-order valence-corrected chi connectivity index (χ1v) is 8.58. The molecule has 1 fully saturated rings. The highest BCUT2D eigenvalue weighted by Gasteiger charge is 2.31. The van der Waals surface area contributed by atoms with Crippen molar-refractivity contribution in [3.63, 3.8) is 0 Å². The van der Waals surface area contributed by atoms with Gasteiger partial charge in [-0.05, 0) is 6.92 Å². The van der Waals surface area contributed by atoms with Gasteiger partial charge < -0.3 is 14.8 Å². The van der Waals surface area contributed by atoms with Gasteiger partial charge >= 0.3 is 6.03 Å². The molecule has 0 bridgehead atoms. The van der Waals surface area contributed by atoms with Crippen molar-refractivity contribution in [2.45, 2.75) is 19.5 Å². The Hall–Kier alpha value is -1.61. The molecule has 1 atom stereocenters. The van der Waals surface area contributed by atoms with Crippen LogP contribution in [0.2, 0.25) is 0 Å². The highest BCUT2D eigenvalue weighted by molar-refractivity contribution is 7.88. The minimum Gasteiger partial charge on any atom is -0.336 e. The van der Waals surface area contributed by atoms with Gasteiger partial charge in [-0.15, -0.1) is 0 Å². The molecule has 0 unspecified atom stereocenters. The summed E-state index contributed by atoms with van der Waals surface area (Å²) in [5.74, 6) is 0. The van der Waals surface area contributed by atoms with Gasteiger partial charge in [0, 0.05) is 38.9 Å². The van der Waals surface area contributed by atoms with Gasteiger partial charge in [-0.2, -0.15) is 4.31 Å². The van der Waals surface area contributed by atoms with Crippen LogP contribution in [0.4, 0.5) is 4.79 Å². The Morgan fingerprint density at radius 3 is 2.71 bits per heavy atom. The van der Waals surface area contributed by atoms with E-state index >= 15 is 0 Å². The van der Waals surface area contributed by atoms with Crippen LogP contribution in [0, 0.1) is 0 Å². The summed E-state index contributed by atoms with van der Waals surface area (Å²) in [5, 5.41) is 2.83. The van der Waals surface area contributed by atoms with Gasteiger partial charge in [0.05, 0.1) is 24.8 Å². The molecule has 21 heavy (non-hydrogen) atoms. The molecule has 2 heterocycles. The Labute approximate surface area is 124 Å². The highest BCUT2D eigenvalue weighted by atomic mass is 32.2. The van der Waals surface area contributed by atoms with Gasteiger partial charge in [-0.3, -0.25) is 0 Å². The molecular formula is C12H21N5O3S. The Balaban J connectivity index is 1.89. The molecule has 0 spiro atoms. The molecule has 2 rings (SSSR count). The zero-order chi connectivity index (χ0) is 15.6. The maximum Gasteiger partial charge on any atom is 0.317 e. The fourth-order valence-electron chi connectivity index (χ4n) is 2.45. The monoisotopic (exact) mass is 315 g/mol. The van der Waals surface area contributed by atoms with E-state index < -0.39 is 10.0 Å². The van der Waals surface area contributed by atoms with Crippen LogP contribution in [0.5, 0.6) is 0 Å². The minimum atomic E-state index is -3.21. The number of rotatable bonds is 3. The number of piperazine rings is 1. The fourth-order valence-corrected chi connectivity index (χ4v) is 3.58. The molecular weight excluding hydrogens is 294 g/mol. The summed E-state index contributed by atoms with van der Waals surface area (Å²) in [6.07, 6.45) is 4.57. The quantitative estimate of drug-likeness (QED) is 0.822. The van der Waals surface area contributed by atoms with Crippen LogP contribution < -0.4 is 5.32 Å². The number of hydrogen-bond acceptors (Lipinski definition) is 4. The Morgan fingerprint density at radius 2 is 2.19 bits per heavy atom. The molecule has 9 heteroatoms. The fraction of sp³-hybridized carbons (Fsp3) is 0.667. The second kappa shape index (κ2) is 6.02. The lowest BCUT2D eigenvalue weighted by atomic mass is 10.2. The second-order valence-electron chi connectivity index (χ2n) is 5.32. The zero-order valence-corrected chi connectivity index (χ0v) is 13.3. The maximum absolute atomic E-state index is 12.1. The topological polar surface area (TPSA) is 87.5 Å². The van der Waals surface area contributed by atoms with Crippen molar-refractivity contribution in [3.8, 4) is 0 Å². The van der Waals surface area contributed by atoms with E-state index in [4.69, 9.17) is 0 Å². The third kappa shape index (κ3) is 3.73. The number of amides is 2. The van der Waals surface area contributed by atoms with Crippen molar-refractivity contribution in [3.05, 3.63) is 18.2 Å². The summed E-state index contributed by atoms with van der Waals surface area (Å²) in [5.41, 5.74) is 0.908. The number of sulfonamides is 1. The molecule has 1 saturated heterocycles. The van der Waals surface area contributed by atoms with Gasteiger partial charge in [0.1, 0.15) is 0 Å². The predicted molar refractivity (Wildman–Crippen MR) is 78.0 cm³/mol. The number of nitrogens with one attached hydrogen (secondary N) is 1. The van der Waals surface area contributed by atoms with Gasteiger partial charge in [0.2, 0.25) is 10.0 Å². The van der Waals surface area contributed by atoms with E-state index in [9.17, 15) is 13.2 Å². The third-order valence-electron chi connectivity index (χ3n) is 3.62. The summed E-state index contributed by atoms with van der Waals surface area (Å²) >= 11 is 0. The van der Waals surface area contributed by atoms with Crippen molar-refractivity contribution in [1.82, 2.24) is 24.1 Å². The summed E-state index contributed by atoms with van der Waals surface area (Å²) in [6.45, 7) is 3.33. The van der Waals surface area contributed by atoms with E-state index in [2.05, 4.69) is 10.3 Å². The molecule has 8 nitrogen and oxygen atoms in total. The van der Waals surface area contributed by atoms with Crippen LogP contribution in [0.3, 0.4) is 0 Å².